The van der Waals surface area contributed by atoms with Crippen LogP contribution in [0.3, 0.4) is 0 Å². The number of hydrogen-bond acceptors (Lipinski definition) is 4. The van der Waals surface area contributed by atoms with Gasteiger partial charge in [-0.3, -0.25) is 0 Å². The van der Waals surface area contributed by atoms with Crippen molar-refractivity contribution in [2.24, 2.45) is 0 Å². The highest BCUT2D eigenvalue weighted by atomic mass is 79.9. The number of aromatic nitrogens is 1. The quantitative estimate of drug-likeness (QED) is 0.665. The lowest BCUT2D eigenvalue weighted by Gasteiger charge is -2.05. The van der Waals surface area contributed by atoms with E-state index < -0.39 is 5.97 Å². The molecule has 0 bridgehead atoms. The highest BCUT2D eigenvalue weighted by molar-refractivity contribution is 9.10. The van der Waals surface area contributed by atoms with E-state index in [1.807, 2.05) is 30.3 Å². The average Bonchev–Trinajstić information content (AvgIpc) is 2.90. The summed E-state index contributed by atoms with van der Waals surface area (Å²) >= 11 is 3.34. The van der Waals surface area contributed by atoms with Gasteiger partial charge in [-0.05, 0) is 30.3 Å². The summed E-state index contributed by atoms with van der Waals surface area (Å²) in [5.41, 5.74) is 2.45. The minimum Gasteiger partial charge on any atom is -0.465 e. The Bertz CT molecular complexity index is 762. The molecule has 100 valence electrons. The van der Waals surface area contributed by atoms with Gasteiger partial charge in [0.2, 0.25) is 5.89 Å². The van der Waals surface area contributed by atoms with E-state index in [9.17, 15) is 4.79 Å². The smallest absolute Gasteiger partial charge is 0.338 e. The third kappa shape index (κ3) is 2.20. The lowest BCUT2D eigenvalue weighted by atomic mass is 10.1. The summed E-state index contributed by atoms with van der Waals surface area (Å²) in [7, 11) is 1.35. The number of benzene rings is 2. The summed E-state index contributed by atoms with van der Waals surface area (Å²) in [6.45, 7) is 0. The van der Waals surface area contributed by atoms with Gasteiger partial charge in [-0.1, -0.05) is 28.1 Å². The average molecular weight is 332 g/mol. The molecule has 0 saturated heterocycles. The zero-order valence-electron chi connectivity index (χ0n) is 10.6. The van der Waals surface area contributed by atoms with E-state index in [1.165, 1.54) is 7.11 Å². The Kier molecular flexibility index (Phi) is 3.28. The summed E-state index contributed by atoms with van der Waals surface area (Å²) < 4.78 is 11.3. The minimum absolute atomic E-state index is 0.402. The van der Waals surface area contributed by atoms with Crippen molar-refractivity contribution in [1.82, 2.24) is 4.98 Å². The van der Waals surface area contributed by atoms with Crippen molar-refractivity contribution in [2.45, 2.75) is 0 Å². The molecule has 0 unspecified atom stereocenters. The van der Waals surface area contributed by atoms with Crippen LogP contribution in [0, 0.1) is 0 Å². The van der Waals surface area contributed by atoms with Gasteiger partial charge >= 0.3 is 5.97 Å². The number of fused-ring (bicyclic) bond motifs is 1. The van der Waals surface area contributed by atoms with E-state index in [0.29, 0.717) is 22.6 Å². The normalized spacial score (nSPS) is 10.7. The first-order valence-electron chi connectivity index (χ1n) is 5.93. The number of methoxy groups -OCH3 is 1. The van der Waals surface area contributed by atoms with Crippen LogP contribution >= 0.6 is 15.9 Å². The highest BCUT2D eigenvalue weighted by Gasteiger charge is 2.18. The second-order valence-corrected chi connectivity index (χ2v) is 5.08. The molecular weight excluding hydrogens is 322 g/mol. The van der Waals surface area contributed by atoms with Gasteiger partial charge in [-0.15, -0.1) is 0 Å². The van der Waals surface area contributed by atoms with Gasteiger partial charge in [-0.2, -0.15) is 0 Å². The standard InChI is InChI=1S/C15H10BrNO3/c1-19-15(18)11-8-9(16)6-7-10(11)14-17-12-4-2-3-5-13(12)20-14/h2-8H,1H3. The lowest BCUT2D eigenvalue weighted by Crippen LogP contribution is -2.03. The Morgan fingerprint density at radius 2 is 2.05 bits per heavy atom. The molecule has 5 heteroatoms. The second-order valence-electron chi connectivity index (χ2n) is 4.17. The van der Waals surface area contributed by atoms with Crippen molar-refractivity contribution in [3.8, 4) is 11.5 Å². The Labute approximate surface area is 123 Å². The zero-order valence-corrected chi connectivity index (χ0v) is 12.2. The van der Waals surface area contributed by atoms with Crippen molar-refractivity contribution in [3.05, 3.63) is 52.5 Å². The number of para-hydroxylation sites is 2. The summed E-state index contributed by atoms with van der Waals surface area (Å²) in [5, 5.41) is 0. The molecule has 0 atom stereocenters. The van der Waals surface area contributed by atoms with E-state index in [-0.39, 0.29) is 0 Å². The van der Waals surface area contributed by atoms with E-state index >= 15 is 0 Å². The number of esters is 1. The number of rotatable bonds is 2. The number of carbonyl (C=O) groups excluding carboxylic acids is 1. The Balaban J connectivity index is 2.20. The number of nitrogens with zero attached hydrogens (tertiary/aromatic N) is 1. The Morgan fingerprint density at radius 3 is 2.80 bits per heavy atom. The lowest BCUT2D eigenvalue weighted by molar-refractivity contribution is 0.0601. The molecule has 0 saturated carbocycles. The van der Waals surface area contributed by atoms with E-state index in [2.05, 4.69) is 20.9 Å². The second kappa shape index (κ2) is 5.09. The van der Waals surface area contributed by atoms with Gasteiger partial charge in [0.15, 0.2) is 5.58 Å². The van der Waals surface area contributed by atoms with Gasteiger partial charge in [-0.25, -0.2) is 9.78 Å². The monoisotopic (exact) mass is 331 g/mol. The maximum Gasteiger partial charge on any atom is 0.338 e. The van der Waals surface area contributed by atoms with Gasteiger partial charge in [0, 0.05) is 4.47 Å². The fourth-order valence-electron chi connectivity index (χ4n) is 1.97. The van der Waals surface area contributed by atoms with Crippen LogP contribution in [-0.2, 0) is 4.74 Å². The number of halogens is 1. The molecule has 3 rings (SSSR count). The molecule has 0 N–H and O–H groups in total. The molecule has 4 nitrogen and oxygen atoms in total. The highest BCUT2D eigenvalue weighted by Crippen LogP contribution is 2.29. The van der Waals surface area contributed by atoms with Crippen molar-refractivity contribution in [3.63, 3.8) is 0 Å². The molecule has 2 aromatic carbocycles. The molecule has 3 aromatic rings. The van der Waals surface area contributed by atoms with Crippen LogP contribution < -0.4 is 0 Å². The van der Waals surface area contributed by atoms with Crippen molar-refractivity contribution in [1.29, 1.82) is 0 Å². The van der Waals surface area contributed by atoms with E-state index in [1.54, 1.807) is 12.1 Å². The van der Waals surface area contributed by atoms with Crippen LogP contribution in [0.15, 0.2) is 51.4 Å². The number of hydrogen-bond donors (Lipinski definition) is 0. The Hall–Kier alpha value is -2.14. The predicted octanol–water partition coefficient (Wildman–Crippen LogP) is 4.04. The number of ether oxygens (including phenoxy) is 1. The van der Waals surface area contributed by atoms with E-state index in [0.717, 1.165) is 9.99 Å². The molecule has 20 heavy (non-hydrogen) atoms. The van der Waals surface area contributed by atoms with Gasteiger partial charge in [0.05, 0.1) is 18.2 Å². The molecule has 0 aliphatic rings. The van der Waals surface area contributed by atoms with Crippen LogP contribution in [0.5, 0.6) is 0 Å². The molecular formula is C15H10BrNO3. The SMILES string of the molecule is COC(=O)c1cc(Br)ccc1-c1nc2ccccc2o1. The van der Waals surface area contributed by atoms with Crippen molar-refractivity contribution in [2.75, 3.05) is 7.11 Å². The molecule has 1 heterocycles. The zero-order chi connectivity index (χ0) is 14.1. The van der Waals surface area contributed by atoms with Crippen LogP contribution in [0.4, 0.5) is 0 Å². The van der Waals surface area contributed by atoms with E-state index in [4.69, 9.17) is 9.15 Å². The molecule has 0 fully saturated rings. The molecule has 0 spiro atoms. The fourth-order valence-corrected chi connectivity index (χ4v) is 2.33. The summed E-state index contributed by atoms with van der Waals surface area (Å²) in [4.78, 5) is 16.3. The summed E-state index contributed by atoms with van der Waals surface area (Å²) in [6.07, 6.45) is 0. The number of carbonyl (C=O) groups is 1. The van der Waals surface area contributed by atoms with Gasteiger partial charge in [0.25, 0.3) is 0 Å². The molecule has 1 aromatic heterocycles. The number of oxazole rings is 1. The maximum atomic E-state index is 11.9. The van der Waals surface area contributed by atoms with Gasteiger partial charge < -0.3 is 9.15 Å². The van der Waals surface area contributed by atoms with Crippen LogP contribution in [0.2, 0.25) is 0 Å². The third-order valence-electron chi connectivity index (χ3n) is 2.91. The molecule has 0 amide bonds. The summed E-state index contributed by atoms with van der Waals surface area (Å²) in [6, 6.07) is 12.8. The first kappa shape index (κ1) is 12.9. The van der Waals surface area contributed by atoms with Crippen molar-refractivity contribution >= 4 is 33.0 Å². The first-order valence-corrected chi connectivity index (χ1v) is 6.72. The van der Waals surface area contributed by atoms with Crippen LogP contribution in [0.25, 0.3) is 22.6 Å². The first-order chi connectivity index (χ1) is 9.69. The topological polar surface area (TPSA) is 52.3 Å². The summed E-state index contributed by atoms with van der Waals surface area (Å²) in [5.74, 6) is -0.0253. The minimum atomic E-state index is -0.427. The van der Waals surface area contributed by atoms with Crippen LogP contribution in [0.1, 0.15) is 10.4 Å². The van der Waals surface area contributed by atoms with Crippen molar-refractivity contribution < 1.29 is 13.9 Å². The predicted molar refractivity (Wildman–Crippen MR) is 78.5 cm³/mol. The van der Waals surface area contributed by atoms with Gasteiger partial charge in [0.1, 0.15) is 5.52 Å². The molecule has 0 aliphatic carbocycles. The Morgan fingerprint density at radius 1 is 1.25 bits per heavy atom. The largest absolute Gasteiger partial charge is 0.465 e. The third-order valence-corrected chi connectivity index (χ3v) is 3.40. The molecule has 0 radical (unpaired) electrons. The maximum absolute atomic E-state index is 11.9. The fraction of sp³-hybridized carbons (Fsp3) is 0.0667. The molecule has 0 aliphatic heterocycles. The van der Waals surface area contributed by atoms with Crippen LogP contribution in [-0.4, -0.2) is 18.1 Å².